The number of halogens is 4. The maximum absolute atomic E-state index is 14.8. The Morgan fingerprint density at radius 2 is 1.83 bits per heavy atom. The molecule has 10 nitrogen and oxygen atoms in total. The third-order valence-corrected chi connectivity index (χ3v) is 7.64. The summed E-state index contributed by atoms with van der Waals surface area (Å²) in [7, 11) is 0. The van der Waals surface area contributed by atoms with E-state index in [9.17, 15) is 37.1 Å². The largest absolute Gasteiger partial charge is 0.417 e. The number of nitrogens with one attached hydrogen (secondary N) is 2. The molecule has 3 aromatic carbocycles. The lowest BCUT2D eigenvalue weighted by molar-refractivity contribution is -0.137. The van der Waals surface area contributed by atoms with Gasteiger partial charge in [-0.3, -0.25) is 14.4 Å². The Kier molecular flexibility index (Phi) is 9.45. The molecule has 0 unspecified atom stereocenters. The number of aliphatic hydroxyl groups is 1. The van der Waals surface area contributed by atoms with Crippen molar-refractivity contribution in [1.82, 2.24) is 15.1 Å². The molecule has 0 saturated carbocycles. The van der Waals surface area contributed by atoms with E-state index in [1.54, 1.807) is 30.3 Å². The highest BCUT2D eigenvalue weighted by Crippen LogP contribution is 2.33. The first-order chi connectivity index (χ1) is 21.9. The van der Waals surface area contributed by atoms with E-state index in [1.165, 1.54) is 23.1 Å². The van der Waals surface area contributed by atoms with Crippen molar-refractivity contribution in [3.63, 3.8) is 0 Å². The number of amides is 2. The van der Waals surface area contributed by atoms with Crippen LogP contribution in [0.15, 0.2) is 65.5 Å². The van der Waals surface area contributed by atoms with Crippen molar-refractivity contribution in [2.45, 2.75) is 37.6 Å². The Bertz CT molecular complexity index is 1880. The molecule has 0 bridgehead atoms. The lowest BCUT2D eigenvalue weighted by atomic mass is 10.0. The van der Waals surface area contributed by atoms with Gasteiger partial charge in [-0.05, 0) is 54.8 Å². The number of likely N-dealkylation sites (tertiary alicyclic amines) is 1. The third-order valence-electron chi connectivity index (χ3n) is 7.64. The van der Waals surface area contributed by atoms with E-state index < -0.39 is 53.7 Å². The summed E-state index contributed by atoms with van der Waals surface area (Å²) < 4.78 is 60.0. The number of benzene rings is 3. The number of alkyl halides is 3. The van der Waals surface area contributed by atoms with Crippen molar-refractivity contribution >= 4 is 28.3 Å². The third kappa shape index (κ3) is 7.22. The minimum absolute atomic E-state index is 0.117. The number of hydrogen-bond acceptors (Lipinski definition) is 7. The quantitative estimate of drug-likeness (QED) is 0.246. The van der Waals surface area contributed by atoms with Crippen molar-refractivity contribution in [1.29, 1.82) is 5.26 Å². The molecule has 1 atom stereocenters. The molecule has 1 fully saturated rings. The molecule has 0 radical (unpaired) electrons. The second-order valence-corrected chi connectivity index (χ2v) is 10.7. The molecule has 4 aromatic rings. The molecule has 1 aliphatic rings. The average Bonchev–Trinajstić information content (AvgIpc) is 3.05. The first-order valence-corrected chi connectivity index (χ1v) is 14.2. The van der Waals surface area contributed by atoms with E-state index in [0.717, 1.165) is 12.1 Å². The normalized spacial score (nSPS) is 14.6. The van der Waals surface area contributed by atoms with E-state index in [4.69, 9.17) is 10.00 Å². The maximum atomic E-state index is 14.8. The number of fused-ring (bicyclic) bond motifs is 1. The number of nitriles is 1. The van der Waals surface area contributed by atoms with Crippen LogP contribution < -0.4 is 10.9 Å². The van der Waals surface area contributed by atoms with Gasteiger partial charge in [0, 0.05) is 30.6 Å². The number of carbonyl (C=O) groups is 2. The lowest BCUT2D eigenvalue weighted by Crippen LogP contribution is -2.42. The minimum Gasteiger partial charge on any atom is -0.381 e. The molecule has 238 valence electrons. The van der Waals surface area contributed by atoms with Gasteiger partial charge >= 0.3 is 6.18 Å². The fraction of sp³-hybridized carbons (Fsp3) is 0.281. The Morgan fingerprint density at radius 1 is 1.11 bits per heavy atom. The summed E-state index contributed by atoms with van der Waals surface area (Å²) in [6, 6.07) is 15.3. The molecular weight excluding hydrogens is 610 g/mol. The predicted octanol–water partition coefficient (Wildman–Crippen LogP) is 4.16. The van der Waals surface area contributed by atoms with Crippen LogP contribution in [0.1, 0.15) is 45.6 Å². The fourth-order valence-corrected chi connectivity index (χ4v) is 5.22. The monoisotopic (exact) mass is 637 g/mol. The Morgan fingerprint density at radius 3 is 2.52 bits per heavy atom. The van der Waals surface area contributed by atoms with Crippen molar-refractivity contribution < 1.29 is 37.0 Å². The van der Waals surface area contributed by atoms with Crippen molar-refractivity contribution in [2.24, 2.45) is 0 Å². The molecular formula is C32H27F4N5O5. The summed E-state index contributed by atoms with van der Waals surface area (Å²) in [5, 5.41) is 29.0. The van der Waals surface area contributed by atoms with Gasteiger partial charge in [-0.2, -0.15) is 23.5 Å². The van der Waals surface area contributed by atoms with E-state index in [0.29, 0.717) is 40.9 Å². The highest BCUT2D eigenvalue weighted by Gasteiger charge is 2.34. The lowest BCUT2D eigenvalue weighted by Gasteiger charge is -2.32. The van der Waals surface area contributed by atoms with Gasteiger partial charge in [0.05, 0.1) is 46.6 Å². The van der Waals surface area contributed by atoms with Gasteiger partial charge in [0.15, 0.2) is 6.10 Å². The standard InChI is InChI=1S/C32H27F4N5O5/c33-26-8-5-18(14-27-22-3-1-2-4-23(22)29(43)40-39-27)13-24(26)31(45)41-11-9-21(10-12-41)46-17-28(42)30(44)38-20-7-6-19(16-37)25(15-20)32(34,35)36/h1-8,13,15,21,28,42H,9-12,14,17H2,(H,38,44)(H,40,43)/t28-/m0/s1. The van der Waals surface area contributed by atoms with Crippen LogP contribution in [0.5, 0.6) is 0 Å². The van der Waals surface area contributed by atoms with Crippen molar-refractivity contribution in [3.05, 3.63) is 105 Å². The zero-order chi connectivity index (χ0) is 33.0. The molecule has 46 heavy (non-hydrogen) atoms. The number of aliphatic hydroxyl groups excluding tert-OH is 1. The summed E-state index contributed by atoms with van der Waals surface area (Å²) in [4.78, 5) is 39.2. The number of carbonyl (C=O) groups excluding carboxylic acids is 2. The molecule has 1 aliphatic heterocycles. The first kappa shape index (κ1) is 32.3. The number of hydrogen-bond donors (Lipinski definition) is 3. The molecule has 1 saturated heterocycles. The van der Waals surface area contributed by atoms with Crippen molar-refractivity contribution in [2.75, 3.05) is 25.0 Å². The van der Waals surface area contributed by atoms with Crippen LogP contribution in [0.2, 0.25) is 0 Å². The first-order valence-electron chi connectivity index (χ1n) is 14.2. The van der Waals surface area contributed by atoms with Crippen LogP contribution in [0.3, 0.4) is 0 Å². The van der Waals surface area contributed by atoms with Gasteiger partial charge in [0.2, 0.25) is 0 Å². The molecule has 14 heteroatoms. The second-order valence-electron chi connectivity index (χ2n) is 10.7. The van der Waals surface area contributed by atoms with Crippen LogP contribution >= 0.6 is 0 Å². The number of aromatic amines is 1. The van der Waals surface area contributed by atoms with Crippen LogP contribution in [0.25, 0.3) is 10.8 Å². The smallest absolute Gasteiger partial charge is 0.381 e. The number of rotatable bonds is 8. The molecule has 2 heterocycles. The fourth-order valence-electron chi connectivity index (χ4n) is 5.22. The van der Waals surface area contributed by atoms with Crippen molar-refractivity contribution in [3.8, 4) is 6.07 Å². The van der Waals surface area contributed by atoms with E-state index in [2.05, 4.69) is 15.5 Å². The van der Waals surface area contributed by atoms with Crippen LogP contribution in [-0.2, 0) is 22.1 Å². The highest BCUT2D eigenvalue weighted by atomic mass is 19.4. The van der Waals surface area contributed by atoms with Crippen LogP contribution in [-0.4, -0.2) is 63.9 Å². The van der Waals surface area contributed by atoms with Gasteiger partial charge in [-0.25, -0.2) is 9.49 Å². The zero-order valence-electron chi connectivity index (χ0n) is 24.1. The van der Waals surface area contributed by atoms with E-state index in [1.807, 2.05) is 0 Å². The second kappa shape index (κ2) is 13.5. The summed E-state index contributed by atoms with van der Waals surface area (Å²) in [5.41, 5.74) is -1.33. The molecule has 0 spiro atoms. The van der Waals surface area contributed by atoms with Gasteiger partial charge in [-0.1, -0.05) is 24.3 Å². The van der Waals surface area contributed by atoms with Crippen LogP contribution in [0.4, 0.5) is 23.2 Å². The van der Waals surface area contributed by atoms with Crippen LogP contribution in [0, 0.1) is 17.1 Å². The van der Waals surface area contributed by atoms with E-state index in [-0.39, 0.29) is 36.3 Å². The summed E-state index contributed by atoms with van der Waals surface area (Å²) in [6.45, 7) is -0.0168. The van der Waals surface area contributed by atoms with Gasteiger partial charge < -0.3 is 20.1 Å². The zero-order valence-corrected chi connectivity index (χ0v) is 24.1. The van der Waals surface area contributed by atoms with Gasteiger partial charge in [-0.15, -0.1) is 0 Å². The molecule has 3 N–H and O–H groups in total. The number of anilines is 1. The SMILES string of the molecule is N#Cc1ccc(NC(=O)[C@@H](O)COC2CCN(C(=O)c3cc(Cc4n[nH]c(=O)c5ccccc45)ccc3F)CC2)cc1C(F)(F)F. The molecule has 1 aromatic heterocycles. The molecule has 0 aliphatic carbocycles. The Hall–Kier alpha value is -5.13. The molecule has 2 amide bonds. The molecule has 5 rings (SSSR count). The summed E-state index contributed by atoms with van der Waals surface area (Å²) in [6.07, 6.45) is -6.03. The topological polar surface area (TPSA) is 148 Å². The summed E-state index contributed by atoms with van der Waals surface area (Å²) >= 11 is 0. The van der Waals surface area contributed by atoms with Gasteiger partial charge in [0.25, 0.3) is 17.4 Å². The number of nitrogens with zero attached hydrogens (tertiary/aromatic N) is 3. The Labute approximate surface area is 259 Å². The predicted molar refractivity (Wildman–Crippen MR) is 157 cm³/mol. The van der Waals surface area contributed by atoms with E-state index >= 15 is 0 Å². The number of aromatic nitrogens is 2. The minimum atomic E-state index is -4.81. The Balaban J connectivity index is 1.15. The average molecular weight is 638 g/mol. The number of ether oxygens (including phenoxy) is 1. The highest BCUT2D eigenvalue weighted by molar-refractivity contribution is 5.95. The van der Waals surface area contributed by atoms with Gasteiger partial charge in [0.1, 0.15) is 5.82 Å². The summed E-state index contributed by atoms with van der Waals surface area (Å²) in [5.74, 6) is -2.20. The number of H-pyrrole nitrogens is 1. The number of piperidine rings is 1. The maximum Gasteiger partial charge on any atom is 0.417 e.